The number of hydrogen-bond donors (Lipinski definition) is 2. The van der Waals surface area contributed by atoms with Crippen molar-refractivity contribution < 1.29 is 0 Å². The van der Waals surface area contributed by atoms with Crippen molar-refractivity contribution in [2.75, 3.05) is 11.9 Å². The van der Waals surface area contributed by atoms with E-state index in [2.05, 4.69) is 43.2 Å². The van der Waals surface area contributed by atoms with Crippen LogP contribution in [0.2, 0.25) is 0 Å². The Balaban J connectivity index is 2.75. The molecule has 15 heavy (non-hydrogen) atoms. The molecule has 1 aromatic rings. The Hall–Kier alpha value is -1.09. The third-order valence-electron chi connectivity index (χ3n) is 2.23. The molecule has 0 aliphatic rings. The molecule has 0 aromatic carbocycles. The number of hydrogen-bond acceptors (Lipinski definition) is 3. The van der Waals surface area contributed by atoms with Gasteiger partial charge in [0.2, 0.25) is 0 Å². The van der Waals surface area contributed by atoms with Gasteiger partial charge < -0.3 is 11.1 Å². The fourth-order valence-corrected chi connectivity index (χ4v) is 1.26. The highest BCUT2D eigenvalue weighted by atomic mass is 15.0. The minimum atomic E-state index is 0.144. The van der Waals surface area contributed by atoms with Crippen LogP contribution in [0.15, 0.2) is 18.3 Å². The van der Waals surface area contributed by atoms with Crippen molar-refractivity contribution in [1.29, 1.82) is 0 Å². The van der Waals surface area contributed by atoms with E-state index in [1.165, 1.54) is 5.56 Å². The van der Waals surface area contributed by atoms with Crippen molar-refractivity contribution in [2.24, 2.45) is 5.73 Å². The lowest BCUT2D eigenvalue weighted by molar-refractivity contribution is 0.589. The van der Waals surface area contributed by atoms with Crippen LogP contribution in [0.3, 0.4) is 0 Å². The van der Waals surface area contributed by atoms with Gasteiger partial charge in [-0.15, -0.1) is 0 Å². The van der Waals surface area contributed by atoms with Crippen molar-refractivity contribution in [3.63, 3.8) is 0 Å². The molecule has 1 unspecified atom stereocenters. The molecule has 3 nitrogen and oxygen atoms in total. The standard InChI is InChI=1S/C12H21N3/c1-9(13)8-15-11-7-10(5-6-14-11)12(2,3)4/h5-7,9H,8,13H2,1-4H3,(H,14,15). The summed E-state index contributed by atoms with van der Waals surface area (Å²) in [4.78, 5) is 4.26. The van der Waals surface area contributed by atoms with E-state index in [1.54, 1.807) is 0 Å². The Kier molecular flexibility index (Phi) is 3.69. The average Bonchev–Trinajstić information content (AvgIpc) is 2.14. The van der Waals surface area contributed by atoms with Crippen molar-refractivity contribution in [3.8, 4) is 0 Å². The summed E-state index contributed by atoms with van der Waals surface area (Å²) < 4.78 is 0. The van der Waals surface area contributed by atoms with Gasteiger partial charge in [0.15, 0.2) is 0 Å². The first-order chi connectivity index (χ1) is 6.89. The quantitative estimate of drug-likeness (QED) is 0.798. The predicted octanol–water partition coefficient (Wildman–Crippen LogP) is 2.14. The molecule has 0 saturated carbocycles. The molecule has 0 aliphatic carbocycles. The normalized spacial score (nSPS) is 13.7. The van der Waals surface area contributed by atoms with Gasteiger partial charge in [0.1, 0.15) is 5.82 Å². The fourth-order valence-electron chi connectivity index (χ4n) is 1.26. The van der Waals surface area contributed by atoms with Crippen LogP contribution in [0.5, 0.6) is 0 Å². The highest BCUT2D eigenvalue weighted by Crippen LogP contribution is 2.23. The molecule has 0 saturated heterocycles. The minimum absolute atomic E-state index is 0.144. The first-order valence-corrected chi connectivity index (χ1v) is 5.35. The summed E-state index contributed by atoms with van der Waals surface area (Å²) in [5, 5.41) is 3.22. The minimum Gasteiger partial charge on any atom is -0.369 e. The Labute approximate surface area is 92.1 Å². The SMILES string of the molecule is CC(N)CNc1cc(C(C)(C)C)ccn1. The Morgan fingerprint density at radius 3 is 2.67 bits per heavy atom. The number of nitrogens with two attached hydrogens (primary N) is 1. The number of nitrogens with zero attached hydrogens (tertiary/aromatic N) is 1. The highest BCUT2D eigenvalue weighted by molar-refractivity contribution is 5.39. The van der Waals surface area contributed by atoms with Gasteiger partial charge in [-0.1, -0.05) is 20.8 Å². The first kappa shape index (κ1) is 12.0. The molecule has 3 N–H and O–H groups in total. The summed E-state index contributed by atoms with van der Waals surface area (Å²) in [6.45, 7) is 9.30. The van der Waals surface area contributed by atoms with Crippen LogP contribution < -0.4 is 11.1 Å². The van der Waals surface area contributed by atoms with Crippen LogP contribution in [0.1, 0.15) is 33.3 Å². The van der Waals surface area contributed by atoms with Gasteiger partial charge in [0, 0.05) is 18.8 Å². The zero-order valence-electron chi connectivity index (χ0n) is 10.0. The fraction of sp³-hybridized carbons (Fsp3) is 0.583. The lowest BCUT2D eigenvalue weighted by Gasteiger charge is -2.19. The Morgan fingerprint density at radius 1 is 1.47 bits per heavy atom. The third-order valence-corrected chi connectivity index (χ3v) is 2.23. The molecule has 1 rings (SSSR count). The lowest BCUT2D eigenvalue weighted by atomic mass is 9.88. The molecule has 0 aliphatic heterocycles. The van der Waals surface area contributed by atoms with Crippen molar-refractivity contribution in [2.45, 2.75) is 39.2 Å². The van der Waals surface area contributed by atoms with Crippen LogP contribution in [-0.2, 0) is 5.41 Å². The summed E-state index contributed by atoms with van der Waals surface area (Å²) in [5.74, 6) is 0.903. The van der Waals surface area contributed by atoms with E-state index >= 15 is 0 Å². The van der Waals surface area contributed by atoms with E-state index in [9.17, 15) is 0 Å². The smallest absolute Gasteiger partial charge is 0.126 e. The van der Waals surface area contributed by atoms with E-state index in [0.29, 0.717) is 0 Å². The van der Waals surface area contributed by atoms with Crippen LogP contribution >= 0.6 is 0 Å². The predicted molar refractivity (Wildman–Crippen MR) is 65.1 cm³/mol. The van der Waals surface area contributed by atoms with Crippen LogP contribution in [0.4, 0.5) is 5.82 Å². The second kappa shape index (κ2) is 4.62. The Bertz CT molecular complexity index is 313. The van der Waals surface area contributed by atoms with Gasteiger partial charge in [-0.05, 0) is 30.0 Å². The zero-order valence-corrected chi connectivity index (χ0v) is 10.0. The third kappa shape index (κ3) is 3.88. The van der Waals surface area contributed by atoms with Crippen LogP contribution in [0.25, 0.3) is 0 Å². The molecule has 84 valence electrons. The molecule has 1 aromatic heterocycles. The van der Waals surface area contributed by atoms with E-state index < -0.39 is 0 Å². The van der Waals surface area contributed by atoms with Gasteiger partial charge >= 0.3 is 0 Å². The molecular weight excluding hydrogens is 186 g/mol. The van der Waals surface area contributed by atoms with Crippen molar-refractivity contribution >= 4 is 5.82 Å². The highest BCUT2D eigenvalue weighted by Gasteiger charge is 2.13. The molecule has 0 bridgehead atoms. The largest absolute Gasteiger partial charge is 0.369 e. The average molecular weight is 207 g/mol. The van der Waals surface area contributed by atoms with E-state index in [-0.39, 0.29) is 11.5 Å². The summed E-state index contributed by atoms with van der Waals surface area (Å²) in [6.07, 6.45) is 1.84. The molecular formula is C12H21N3. The van der Waals surface area contributed by atoms with Crippen molar-refractivity contribution in [3.05, 3.63) is 23.9 Å². The summed E-state index contributed by atoms with van der Waals surface area (Å²) in [6, 6.07) is 4.28. The first-order valence-electron chi connectivity index (χ1n) is 5.35. The number of nitrogens with one attached hydrogen (secondary N) is 1. The van der Waals surface area contributed by atoms with Crippen LogP contribution in [-0.4, -0.2) is 17.6 Å². The monoisotopic (exact) mass is 207 g/mol. The molecule has 1 atom stereocenters. The summed E-state index contributed by atoms with van der Waals surface area (Å²) >= 11 is 0. The maximum atomic E-state index is 5.67. The zero-order chi connectivity index (χ0) is 11.5. The van der Waals surface area contributed by atoms with E-state index in [4.69, 9.17) is 5.73 Å². The van der Waals surface area contributed by atoms with Gasteiger partial charge in [-0.25, -0.2) is 4.98 Å². The molecule has 0 fully saturated rings. The number of rotatable bonds is 3. The summed E-state index contributed by atoms with van der Waals surface area (Å²) in [5.41, 5.74) is 7.12. The topological polar surface area (TPSA) is 50.9 Å². The van der Waals surface area contributed by atoms with Crippen molar-refractivity contribution in [1.82, 2.24) is 4.98 Å². The van der Waals surface area contributed by atoms with Gasteiger partial charge in [0.05, 0.1) is 0 Å². The molecule has 0 spiro atoms. The second-order valence-electron chi connectivity index (χ2n) is 5.04. The number of anilines is 1. The van der Waals surface area contributed by atoms with E-state index in [0.717, 1.165) is 12.4 Å². The molecule has 1 heterocycles. The lowest BCUT2D eigenvalue weighted by Crippen LogP contribution is -2.25. The maximum absolute atomic E-state index is 5.67. The van der Waals surface area contributed by atoms with E-state index in [1.807, 2.05) is 13.1 Å². The second-order valence-corrected chi connectivity index (χ2v) is 5.04. The van der Waals surface area contributed by atoms with Gasteiger partial charge in [-0.2, -0.15) is 0 Å². The molecule has 0 amide bonds. The summed E-state index contributed by atoms with van der Waals surface area (Å²) in [7, 11) is 0. The maximum Gasteiger partial charge on any atom is 0.126 e. The molecule has 0 radical (unpaired) electrons. The number of pyridine rings is 1. The van der Waals surface area contributed by atoms with Gasteiger partial charge in [-0.3, -0.25) is 0 Å². The molecule has 3 heteroatoms. The number of aromatic nitrogens is 1. The van der Waals surface area contributed by atoms with Gasteiger partial charge in [0.25, 0.3) is 0 Å². The Morgan fingerprint density at radius 2 is 2.13 bits per heavy atom. The van der Waals surface area contributed by atoms with Crippen LogP contribution in [0, 0.1) is 0 Å².